The van der Waals surface area contributed by atoms with Gasteiger partial charge >= 0.3 is 0 Å². The van der Waals surface area contributed by atoms with Gasteiger partial charge in [-0.2, -0.15) is 5.10 Å². The van der Waals surface area contributed by atoms with Gasteiger partial charge in [-0.25, -0.2) is 4.39 Å². The van der Waals surface area contributed by atoms with Crippen LogP contribution in [0.25, 0.3) is 0 Å². The number of hydrogen-bond acceptors (Lipinski definition) is 3. The second-order valence-electron chi connectivity index (χ2n) is 3.68. The van der Waals surface area contributed by atoms with Gasteiger partial charge in [0.05, 0.1) is 11.7 Å². The zero-order chi connectivity index (χ0) is 10.8. The molecule has 1 heterocycles. The minimum Gasteiger partial charge on any atom is -0.386 e. The molecule has 0 amide bonds. The van der Waals surface area contributed by atoms with Crippen LogP contribution in [0, 0.1) is 5.82 Å². The maximum atomic E-state index is 12.8. The third-order valence-corrected chi connectivity index (χ3v) is 2.59. The Bertz CT molecular complexity index is 372. The van der Waals surface area contributed by atoms with Crippen molar-refractivity contribution in [2.24, 2.45) is 10.8 Å². The Morgan fingerprint density at radius 1 is 1.47 bits per heavy atom. The molecule has 1 aliphatic rings. The van der Waals surface area contributed by atoms with Crippen molar-refractivity contribution in [3.63, 3.8) is 0 Å². The lowest BCUT2D eigenvalue weighted by Gasteiger charge is -2.21. The molecule has 4 heteroatoms. The zero-order valence-corrected chi connectivity index (χ0v) is 8.65. The minimum absolute atomic E-state index is 0.233. The Balaban J connectivity index is 2.26. The largest absolute Gasteiger partial charge is 0.386 e. The van der Waals surface area contributed by atoms with Crippen LogP contribution in [0.2, 0.25) is 0 Å². The van der Waals surface area contributed by atoms with Gasteiger partial charge in [0.15, 0.2) is 0 Å². The maximum absolute atomic E-state index is 12.8. The van der Waals surface area contributed by atoms with E-state index in [2.05, 4.69) is 12.0 Å². The molecule has 0 bridgehead atoms. The molecular weight excluding hydrogens is 193 g/mol. The number of nitrogens with two attached hydrogens (primary N) is 1. The summed E-state index contributed by atoms with van der Waals surface area (Å²) in [5.41, 5.74) is 6.58. The predicted octanol–water partition coefficient (Wildman–Crippen LogP) is 2.09. The van der Waals surface area contributed by atoms with E-state index in [1.54, 1.807) is 12.1 Å². The van der Waals surface area contributed by atoms with Crippen LogP contribution in [-0.2, 0) is 0 Å². The molecular formula is C11H14FN3. The third-order valence-electron chi connectivity index (χ3n) is 2.59. The lowest BCUT2D eigenvalue weighted by Crippen LogP contribution is -2.25. The topological polar surface area (TPSA) is 41.6 Å². The number of anilines is 1. The van der Waals surface area contributed by atoms with E-state index in [1.807, 2.05) is 5.01 Å². The molecule has 1 aliphatic heterocycles. The Kier molecular flexibility index (Phi) is 2.58. The predicted molar refractivity (Wildman–Crippen MR) is 59.2 cm³/mol. The molecule has 0 fully saturated rings. The fraction of sp³-hybridized carbons (Fsp3) is 0.364. The summed E-state index contributed by atoms with van der Waals surface area (Å²) in [5, 5.41) is 6.12. The number of hydrogen-bond donors (Lipinski definition) is 1. The average molecular weight is 207 g/mol. The van der Waals surface area contributed by atoms with Crippen LogP contribution in [-0.4, -0.2) is 11.9 Å². The normalized spacial score (nSPS) is 20.5. The summed E-state index contributed by atoms with van der Waals surface area (Å²) in [7, 11) is 0. The number of nitrogens with zero attached hydrogens (tertiary/aromatic N) is 2. The Morgan fingerprint density at radius 3 is 2.73 bits per heavy atom. The lowest BCUT2D eigenvalue weighted by molar-refractivity contribution is 0.622. The van der Waals surface area contributed by atoms with Crippen molar-refractivity contribution >= 4 is 11.5 Å². The van der Waals surface area contributed by atoms with E-state index < -0.39 is 0 Å². The number of amidine groups is 1. The monoisotopic (exact) mass is 207 g/mol. The Hall–Kier alpha value is -1.58. The van der Waals surface area contributed by atoms with E-state index in [0.29, 0.717) is 11.9 Å². The van der Waals surface area contributed by atoms with Crippen LogP contribution >= 0.6 is 0 Å². The molecule has 1 unspecified atom stereocenters. The second-order valence-corrected chi connectivity index (χ2v) is 3.68. The van der Waals surface area contributed by atoms with Gasteiger partial charge in [-0.3, -0.25) is 5.01 Å². The van der Waals surface area contributed by atoms with Crippen LogP contribution in [0.5, 0.6) is 0 Å². The molecule has 1 aromatic rings. The van der Waals surface area contributed by atoms with Gasteiger partial charge in [0, 0.05) is 6.42 Å². The molecule has 0 aromatic heterocycles. The van der Waals surface area contributed by atoms with Crippen LogP contribution < -0.4 is 10.7 Å². The third kappa shape index (κ3) is 1.93. The van der Waals surface area contributed by atoms with Crippen LogP contribution in [0.15, 0.2) is 29.4 Å². The van der Waals surface area contributed by atoms with Crippen molar-refractivity contribution in [3.05, 3.63) is 30.1 Å². The van der Waals surface area contributed by atoms with E-state index in [0.717, 1.165) is 18.5 Å². The van der Waals surface area contributed by atoms with Gasteiger partial charge in [-0.15, -0.1) is 0 Å². The maximum Gasteiger partial charge on any atom is 0.123 e. The van der Waals surface area contributed by atoms with E-state index in [4.69, 9.17) is 5.73 Å². The number of hydrazone groups is 1. The van der Waals surface area contributed by atoms with Crippen molar-refractivity contribution in [1.82, 2.24) is 0 Å². The smallest absolute Gasteiger partial charge is 0.123 e. The van der Waals surface area contributed by atoms with Crippen molar-refractivity contribution in [3.8, 4) is 0 Å². The number of benzene rings is 1. The van der Waals surface area contributed by atoms with E-state index in [9.17, 15) is 4.39 Å². The molecule has 3 nitrogen and oxygen atoms in total. The van der Waals surface area contributed by atoms with Crippen LogP contribution in [0.1, 0.15) is 19.8 Å². The average Bonchev–Trinajstić information content (AvgIpc) is 2.61. The summed E-state index contributed by atoms with van der Waals surface area (Å²) in [6, 6.07) is 6.62. The molecule has 0 saturated heterocycles. The first kappa shape index (κ1) is 9.96. The quantitative estimate of drug-likeness (QED) is 0.806. The molecule has 0 aliphatic carbocycles. The number of rotatable bonds is 2. The van der Waals surface area contributed by atoms with Crippen molar-refractivity contribution in [2.75, 3.05) is 5.01 Å². The standard InChI is InChI=1S/C11H14FN3/c1-2-9-7-11(13)14-15(9)10-5-3-8(12)4-6-10/h3-6,9H,2,7H2,1H3,(H2,13,14). The lowest BCUT2D eigenvalue weighted by atomic mass is 10.1. The first-order valence-electron chi connectivity index (χ1n) is 5.08. The molecule has 80 valence electrons. The van der Waals surface area contributed by atoms with Crippen molar-refractivity contribution < 1.29 is 4.39 Å². The highest BCUT2D eigenvalue weighted by molar-refractivity contribution is 5.85. The summed E-state index contributed by atoms with van der Waals surface area (Å²) in [5.74, 6) is 0.411. The van der Waals surface area contributed by atoms with Gasteiger partial charge in [-0.1, -0.05) is 6.92 Å². The minimum atomic E-state index is -0.233. The van der Waals surface area contributed by atoms with Crippen LogP contribution in [0.4, 0.5) is 10.1 Å². The van der Waals surface area contributed by atoms with Crippen molar-refractivity contribution in [2.45, 2.75) is 25.8 Å². The molecule has 0 saturated carbocycles. The molecule has 2 rings (SSSR count). The Labute approximate surface area is 88.4 Å². The first-order valence-corrected chi connectivity index (χ1v) is 5.08. The highest BCUT2D eigenvalue weighted by Gasteiger charge is 2.24. The summed E-state index contributed by atoms with van der Waals surface area (Å²) in [6.45, 7) is 2.09. The van der Waals surface area contributed by atoms with Gasteiger partial charge in [0.2, 0.25) is 0 Å². The van der Waals surface area contributed by atoms with E-state index >= 15 is 0 Å². The van der Waals surface area contributed by atoms with Gasteiger partial charge in [0.1, 0.15) is 11.7 Å². The molecule has 0 spiro atoms. The SMILES string of the molecule is CCC1CC(N)=NN1c1ccc(F)cc1. The Morgan fingerprint density at radius 2 is 2.13 bits per heavy atom. The fourth-order valence-corrected chi connectivity index (χ4v) is 1.77. The zero-order valence-electron chi connectivity index (χ0n) is 8.65. The van der Waals surface area contributed by atoms with Crippen LogP contribution in [0.3, 0.4) is 0 Å². The summed E-state index contributed by atoms with van der Waals surface area (Å²) >= 11 is 0. The molecule has 15 heavy (non-hydrogen) atoms. The van der Waals surface area contributed by atoms with Gasteiger partial charge < -0.3 is 5.73 Å². The summed E-state index contributed by atoms with van der Waals surface area (Å²) in [4.78, 5) is 0. The highest BCUT2D eigenvalue weighted by atomic mass is 19.1. The summed E-state index contributed by atoms with van der Waals surface area (Å²) in [6.07, 6.45) is 1.76. The summed E-state index contributed by atoms with van der Waals surface area (Å²) < 4.78 is 12.8. The number of halogens is 1. The van der Waals surface area contributed by atoms with Crippen molar-refractivity contribution in [1.29, 1.82) is 0 Å². The molecule has 0 radical (unpaired) electrons. The van der Waals surface area contributed by atoms with Gasteiger partial charge in [0.25, 0.3) is 0 Å². The molecule has 2 N–H and O–H groups in total. The fourth-order valence-electron chi connectivity index (χ4n) is 1.77. The van der Waals surface area contributed by atoms with E-state index in [-0.39, 0.29) is 5.82 Å². The van der Waals surface area contributed by atoms with E-state index in [1.165, 1.54) is 12.1 Å². The first-order chi connectivity index (χ1) is 7.20. The highest BCUT2D eigenvalue weighted by Crippen LogP contribution is 2.25. The molecule has 1 atom stereocenters. The molecule has 1 aromatic carbocycles. The van der Waals surface area contributed by atoms with Gasteiger partial charge in [-0.05, 0) is 30.7 Å². The second kappa shape index (κ2) is 3.88.